The summed E-state index contributed by atoms with van der Waals surface area (Å²) in [6.07, 6.45) is 2.51. The summed E-state index contributed by atoms with van der Waals surface area (Å²) >= 11 is 0. The van der Waals surface area contributed by atoms with Crippen molar-refractivity contribution in [1.82, 2.24) is 15.5 Å². The lowest BCUT2D eigenvalue weighted by Crippen LogP contribution is -2.42. The number of aliphatic imine (C=N–C) groups is 1. The molecule has 1 atom stereocenters. The third-order valence-electron chi connectivity index (χ3n) is 3.90. The molecule has 0 heterocycles. The molecule has 1 aliphatic rings. The summed E-state index contributed by atoms with van der Waals surface area (Å²) < 4.78 is 28.0. The summed E-state index contributed by atoms with van der Waals surface area (Å²) in [6, 6.07) is 3.54. The number of rotatable bonds is 6. The minimum absolute atomic E-state index is 0. The maximum atomic E-state index is 14.0. The second-order valence-corrected chi connectivity index (χ2v) is 5.89. The van der Waals surface area contributed by atoms with Gasteiger partial charge >= 0.3 is 0 Å². The van der Waals surface area contributed by atoms with E-state index in [0.29, 0.717) is 12.5 Å². The molecule has 0 radical (unpaired) electrons. The Kier molecular flexibility index (Phi) is 8.18. The first kappa shape index (κ1) is 20.1. The van der Waals surface area contributed by atoms with Crippen LogP contribution in [-0.2, 0) is 0 Å². The molecular weight excluding hydrogens is 413 g/mol. The maximum Gasteiger partial charge on any atom is 0.191 e. The monoisotopic (exact) mass is 438 g/mol. The van der Waals surface area contributed by atoms with Gasteiger partial charge in [-0.3, -0.25) is 4.99 Å². The Balaban J connectivity index is 0.00000264. The Hall–Kier alpha value is -0.960. The third kappa shape index (κ3) is 5.87. The molecule has 2 N–H and O–H groups in total. The van der Waals surface area contributed by atoms with Crippen LogP contribution < -0.4 is 10.6 Å². The van der Waals surface area contributed by atoms with Gasteiger partial charge in [-0.1, -0.05) is 6.07 Å². The molecule has 0 aliphatic heterocycles. The summed E-state index contributed by atoms with van der Waals surface area (Å²) in [7, 11) is 5.30. The van der Waals surface area contributed by atoms with Crippen molar-refractivity contribution in [3.8, 4) is 0 Å². The lowest BCUT2D eigenvalue weighted by Gasteiger charge is -2.26. The predicted molar refractivity (Wildman–Crippen MR) is 100 cm³/mol. The Morgan fingerprint density at radius 1 is 1.26 bits per heavy atom. The van der Waals surface area contributed by atoms with Crippen LogP contribution in [-0.4, -0.2) is 45.1 Å². The molecular formula is C16H25F2IN4. The minimum Gasteiger partial charge on any atom is -0.356 e. The average molecular weight is 438 g/mol. The van der Waals surface area contributed by atoms with Gasteiger partial charge in [0.15, 0.2) is 5.96 Å². The number of nitrogens with one attached hydrogen (secondary N) is 2. The van der Waals surface area contributed by atoms with E-state index in [4.69, 9.17) is 0 Å². The van der Waals surface area contributed by atoms with E-state index >= 15 is 0 Å². The van der Waals surface area contributed by atoms with Crippen LogP contribution in [0.15, 0.2) is 23.2 Å². The van der Waals surface area contributed by atoms with Crippen molar-refractivity contribution in [2.75, 3.05) is 34.2 Å². The molecule has 1 aromatic rings. The van der Waals surface area contributed by atoms with Crippen LogP contribution in [0.3, 0.4) is 0 Å². The summed E-state index contributed by atoms with van der Waals surface area (Å²) in [4.78, 5) is 5.94. The van der Waals surface area contributed by atoms with Crippen LogP contribution in [0.1, 0.15) is 24.4 Å². The molecule has 1 aliphatic carbocycles. The van der Waals surface area contributed by atoms with E-state index in [-0.39, 0.29) is 29.5 Å². The highest BCUT2D eigenvalue weighted by Gasteiger charge is 2.23. The fourth-order valence-electron chi connectivity index (χ4n) is 2.35. The first-order chi connectivity index (χ1) is 10.5. The molecule has 1 saturated carbocycles. The van der Waals surface area contributed by atoms with Gasteiger partial charge in [0.1, 0.15) is 11.6 Å². The highest BCUT2D eigenvalue weighted by atomic mass is 127. The quantitative estimate of drug-likeness (QED) is 0.408. The Bertz CT molecular complexity index is 513. The molecule has 0 amide bonds. The van der Waals surface area contributed by atoms with E-state index in [2.05, 4.69) is 15.6 Å². The molecule has 1 unspecified atom stereocenters. The van der Waals surface area contributed by atoms with Gasteiger partial charge in [0, 0.05) is 25.7 Å². The molecule has 2 rings (SSSR count). The van der Waals surface area contributed by atoms with E-state index in [1.54, 1.807) is 26.0 Å². The summed E-state index contributed by atoms with van der Waals surface area (Å²) in [5.41, 5.74) is 0.0812. The highest BCUT2D eigenvalue weighted by Crippen LogP contribution is 2.27. The summed E-state index contributed by atoms with van der Waals surface area (Å²) in [5.74, 6) is 0.338. The fourth-order valence-corrected chi connectivity index (χ4v) is 2.35. The number of benzene rings is 1. The minimum atomic E-state index is -0.526. The lowest BCUT2D eigenvalue weighted by molar-refractivity contribution is 0.282. The zero-order valence-corrected chi connectivity index (χ0v) is 16.1. The SMILES string of the molecule is CN=C(NCC1CC1)NCC(c1c(F)cccc1F)N(C)C.I. The normalized spacial score (nSPS) is 16.0. The van der Waals surface area contributed by atoms with Gasteiger partial charge < -0.3 is 15.5 Å². The van der Waals surface area contributed by atoms with E-state index in [1.165, 1.54) is 31.0 Å². The van der Waals surface area contributed by atoms with Gasteiger partial charge in [-0.25, -0.2) is 8.78 Å². The van der Waals surface area contributed by atoms with E-state index in [0.717, 1.165) is 12.5 Å². The van der Waals surface area contributed by atoms with E-state index < -0.39 is 17.7 Å². The van der Waals surface area contributed by atoms with Crippen molar-refractivity contribution in [2.24, 2.45) is 10.9 Å². The van der Waals surface area contributed by atoms with Gasteiger partial charge in [0.2, 0.25) is 0 Å². The number of guanidine groups is 1. The van der Waals surface area contributed by atoms with Crippen LogP contribution in [0.25, 0.3) is 0 Å². The molecule has 23 heavy (non-hydrogen) atoms. The van der Waals surface area contributed by atoms with Crippen molar-refractivity contribution in [3.63, 3.8) is 0 Å². The van der Waals surface area contributed by atoms with Gasteiger partial charge in [-0.05, 0) is 45.0 Å². The van der Waals surface area contributed by atoms with Crippen LogP contribution in [0, 0.1) is 17.6 Å². The molecule has 130 valence electrons. The molecule has 7 heteroatoms. The second kappa shape index (κ2) is 9.36. The number of halogens is 3. The largest absolute Gasteiger partial charge is 0.356 e. The van der Waals surface area contributed by atoms with Crippen molar-refractivity contribution >= 4 is 29.9 Å². The number of nitrogens with zero attached hydrogens (tertiary/aromatic N) is 2. The van der Waals surface area contributed by atoms with Crippen molar-refractivity contribution in [1.29, 1.82) is 0 Å². The highest BCUT2D eigenvalue weighted by molar-refractivity contribution is 14.0. The Morgan fingerprint density at radius 3 is 2.35 bits per heavy atom. The van der Waals surface area contributed by atoms with Crippen molar-refractivity contribution in [3.05, 3.63) is 35.4 Å². The number of hydrogen-bond donors (Lipinski definition) is 2. The lowest BCUT2D eigenvalue weighted by atomic mass is 10.0. The average Bonchev–Trinajstić information content (AvgIpc) is 3.28. The maximum absolute atomic E-state index is 14.0. The second-order valence-electron chi connectivity index (χ2n) is 5.89. The smallest absolute Gasteiger partial charge is 0.191 e. The molecule has 0 aromatic heterocycles. The molecule has 0 spiro atoms. The summed E-state index contributed by atoms with van der Waals surface area (Å²) in [5, 5.41) is 6.39. The molecule has 0 bridgehead atoms. The van der Waals surface area contributed by atoms with E-state index in [1.807, 2.05) is 0 Å². The van der Waals surface area contributed by atoms with Crippen molar-refractivity contribution in [2.45, 2.75) is 18.9 Å². The fraction of sp³-hybridized carbons (Fsp3) is 0.562. The molecule has 4 nitrogen and oxygen atoms in total. The first-order valence-electron chi connectivity index (χ1n) is 7.57. The molecule has 1 aromatic carbocycles. The van der Waals surface area contributed by atoms with Gasteiger partial charge in [0.05, 0.1) is 6.04 Å². The van der Waals surface area contributed by atoms with Crippen LogP contribution in [0.5, 0.6) is 0 Å². The van der Waals surface area contributed by atoms with E-state index in [9.17, 15) is 8.78 Å². The van der Waals surface area contributed by atoms with Crippen LogP contribution in [0.4, 0.5) is 8.78 Å². The molecule has 1 fully saturated rings. The standard InChI is InChI=1S/C16H24F2N4.HI/c1-19-16(20-9-11-7-8-11)21-10-14(22(2)3)15-12(17)5-4-6-13(15)18;/h4-6,11,14H,7-10H2,1-3H3,(H2,19,20,21);1H. The Labute approximate surface area is 153 Å². The number of hydrogen-bond acceptors (Lipinski definition) is 2. The van der Waals surface area contributed by atoms with Crippen LogP contribution in [0.2, 0.25) is 0 Å². The Morgan fingerprint density at radius 2 is 1.87 bits per heavy atom. The van der Waals surface area contributed by atoms with Gasteiger partial charge in [0.25, 0.3) is 0 Å². The topological polar surface area (TPSA) is 39.7 Å². The zero-order chi connectivity index (χ0) is 16.1. The van der Waals surface area contributed by atoms with Crippen LogP contribution >= 0.6 is 24.0 Å². The van der Waals surface area contributed by atoms with Gasteiger partial charge in [-0.15, -0.1) is 24.0 Å². The number of likely N-dealkylation sites (N-methyl/N-ethyl adjacent to an activating group) is 1. The first-order valence-corrected chi connectivity index (χ1v) is 7.57. The molecule has 0 saturated heterocycles. The third-order valence-corrected chi connectivity index (χ3v) is 3.90. The zero-order valence-electron chi connectivity index (χ0n) is 13.8. The van der Waals surface area contributed by atoms with Gasteiger partial charge in [-0.2, -0.15) is 0 Å². The predicted octanol–water partition coefficient (Wildman–Crippen LogP) is 2.76. The van der Waals surface area contributed by atoms with Crippen molar-refractivity contribution < 1.29 is 8.78 Å². The summed E-state index contributed by atoms with van der Waals surface area (Å²) in [6.45, 7) is 1.26.